The molecule has 0 aromatic carbocycles. The third-order valence-corrected chi connectivity index (χ3v) is 3.03. The Kier molecular flexibility index (Phi) is 2.25. The van der Waals surface area contributed by atoms with Crippen LogP contribution in [-0.2, 0) is 19.7 Å². The fourth-order valence-electron chi connectivity index (χ4n) is 1.44. The van der Waals surface area contributed by atoms with Crippen LogP contribution in [0.1, 0.15) is 0 Å². The van der Waals surface area contributed by atoms with Crippen molar-refractivity contribution in [3.8, 4) is 0 Å². The molecule has 0 unspecified atom stereocenters. The van der Waals surface area contributed by atoms with E-state index in [-0.39, 0.29) is 5.78 Å². The Morgan fingerprint density at radius 1 is 0.938 bits per heavy atom. The molecule has 2 aliphatic carbocycles. The Bertz CT molecular complexity index is 614. The molecular formula is C10H6O5S. The van der Waals surface area contributed by atoms with Gasteiger partial charge in [-0.05, 0) is 35.5 Å². The molecule has 1 N–H and O–H groups in total. The van der Waals surface area contributed by atoms with Crippen molar-refractivity contribution in [3.05, 3.63) is 46.4 Å². The molecule has 0 aromatic heterocycles. The van der Waals surface area contributed by atoms with E-state index < -0.39 is 20.8 Å². The lowest BCUT2D eigenvalue weighted by Gasteiger charge is -2.13. The van der Waals surface area contributed by atoms with E-state index in [1.165, 1.54) is 18.2 Å². The van der Waals surface area contributed by atoms with Crippen molar-refractivity contribution in [1.29, 1.82) is 0 Å². The maximum Gasteiger partial charge on any atom is 0.298 e. The van der Waals surface area contributed by atoms with Crippen molar-refractivity contribution in [2.24, 2.45) is 0 Å². The van der Waals surface area contributed by atoms with Gasteiger partial charge in [0, 0.05) is 0 Å². The second kappa shape index (κ2) is 3.36. The molecule has 0 atom stereocenters. The summed E-state index contributed by atoms with van der Waals surface area (Å²) in [7, 11) is -4.55. The van der Waals surface area contributed by atoms with Crippen LogP contribution in [0.15, 0.2) is 46.4 Å². The second-order valence-corrected chi connectivity index (χ2v) is 4.67. The van der Waals surface area contributed by atoms with Crippen LogP contribution in [0.2, 0.25) is 0 Å². The molecule has 0 amide bonds. The Morgan fingerprint density at radius 2 is 1.62 bits per heavy atom. The number of carbonyl (C=O) groups excluding carboxylic acids is 2. The normalized spacial score (nSPS) is 19.9. The zero-order valence-electron chi connectivity index (χ0n) is 7.88. The van der Waals surface area contributed by atoms with Gasteiger partial charge in [0.25, 0.3) is 10.1 Å². The molecule has 2 aliphatic rings. The van der Waals surface area contributed by atoms with Gasteiger partial charge in [-0.15, -0.1) is 0 Å². The Morgan fingerprint density at radius 3 is 2.25 bits per heavy atom. The molecule has 0 saturated heterocycles. The van der Waals surface area contributed by atoms with Crippen molar-refractivity contribution < 1.29 is 22.6 Å². The van der Waals surface area contributed by atoms with Crippen LogP contribution in [0.5, 0.6) is 0 Å². The van der Waals surface area contributed by atoms with Gasteiger partial charge < -0.3 is 0 Å². The number of hydrogen-bond donors (Lipinski definition) is 1. The van der Waals surface area contributed by atoms with Crippen LogP contribution in [0, 0.1) is 0 Å². The summed E-state index contributed by atoms with van der Waals surface area (Å²) in [6.45, 7) is 0. The van der Waals surface area contributed by atoms with Crippen LogP contribution in [0.3, 0.4) is 0 Å². The minimum Gasteiger partial charge on any atom is -0.290 e. The number of fused-ring (bicyclic) bond motifs is 1. The summed E-state index contributed by atoms with van der Waals surface area (Å²) >= 11 is 0. The molecule has 0 fully saturated rings. The maximum atomic E-state index is 11.3. The van der Waals surface area contributed by atoms with Crippen molar-refractivity contribution >= 4 is 21.7 Å². The van der Waals surface area contributed by atoms with Crippen LogP contribution in [0.25, 0.3) is 0 Å². The van der Waals surface area contributed by atoms with E-state index in [1.807, 2.05) is 0 Å². The van der Waals surface area contributed by atoms with Gasteiger partial charge in [0.1, 0.15) is 4.91 Å². The largest absolute Gasteiger partial charge is 0.298 e. The van der Waals surface area contributed by atoms with Gasteiger partial charge in [0.05, 0.1) is 0 Å². The first-order valence-corrected chi connectivity index (χ1v) is 5.71. The molecular weight excluding hydrogens is 232 g/mol. The summed E-state index contributed by atoms with van der Waals surface area (Å²) in [4.78, 5) is 21.7. The molecule has 0 bridgehead atoms. The molecule has 0 radical (unpaired) electrons. The zero-order chi connectivity index (χ0) is 11.9. The first kappa shape index (κ1) is 10.7. The van der Waals surface area contributed by atoms with Gasteiger partial charge in [-0.25, -0.2) is 0 Å². The molecule has 16 heavy (non-hydrogen) atoms. The van der Waals surface area contributed by atoms with Crippen LogP contribution >= 0.6 is 0 Å². The van der Waals surface area contributed by atoms with Gasteiger partial charge in [0.15, 0.2) is 11.6 Å². The van der Waals surface area contributed by atoms with Crippen molar-refractivity contribution in [1.82, 2.24) is 0 Å². The first-order chi connectivity index (χ1) is 7.38. The topological polar surface area (TPSA) is 88.5 Å². The predicted molar refractivity (Wildman–Crippen MR) is 55.0 cm³/mol. The van der Waals surface area contributed by atoms with E-state index in [9.17, 15) is 18.0 Å². The van der Waals surface area contributed by atoms with Crippen molar-refractivity contribution in [2.75, 3.05) is 0 Å². The maximum absolute atomic E-state index is 11.3. The highest BCUT2D eigenvalue weighted by Crippen LogP contribution is 2.26. The summed E-state index contributed by atoms with van der Waals surface area (Å²) in [6, 6.07) is 0. The lowest BCUT2D eigenvalue weighted by Crippen LogP contribution is -2.16. The van der Waals surface area contributed by atoms with Gasteiger partial charge >= 0.3 is 0 Å². The highest BCUT2D eigenvalue weighted by molar-refractivity contribution is 7.90. The molecule has 2 rings (SSSR count). The van der Waals surface area contributed by atoms with E-state index in [1.54, 1.807) is 0 Å². The molecule has 0 aromatic rings. The molecule has 0 spiro atoms. The molecule has 5 nitrogen and oxygen atoms in total. The van der Waals surface area contributed by atoms with Gasteiger partial charge in [-0.1, -0.05) is 6.08 Å². The summed E-state index contributed by atoms with van der Waals surface area (Å²) in [6.07, 6.45) is 5.96. The molecule has 0 aliphatic heterocycles. The van der Waals surface area contributed by atoms with Crippen molar-refractivity contribution in [2.45, 2.75) is 0 Å². The fourth-order valence-corrected chi connectivity index (χ4v) is 2.02. The minimum absolute atomic E-state index is 0.299. The first-order valence-electron chi connectivity index (χ1n) is 4.27. The Balaban J connectivity index is 2.57. The van der Waals surface area contributed by atoms with Crippen LogP contribution in [-0.4, -0.2) is 24.5 Å². The molecule has 82 valence electrons. The van der Waals surface area contributed by atoms with Gasteiger partial charge in [-0.3, -0.25) is 14.1 Å². The summed E-state index contributed by atoms with van der Waals surface area (Å²) in [5.74, 6) is -1.10. The Hall–Kier alpha value is -1.79. The number of carbonyl (C=O) groups is 2. The molecule has 0 saturated carbocycles. The van der Waals surface area contributed by atoms with Crippen LogP contribution < -0.4 is 0 Å². The number of ketones is 2. The monoisotopic (exact) mass is 238 g/mol. The number of hydrogen-bond acceptors (Lipinski definition) is 4. The van der Waals surface area contributed by atoms with E-state index in [2.05, 4.69) is 0 Å². The summed E-state index contributed by atoms with van der Waals surface area (Å²) in [5, 5.41) is 0. The van der Waals surface area contributed by atoms with Gasteiger partial charge in [-0.2, -0.15) is 8.42 Å². The van der Waals surface area contributed by atoms with Crippen molar-refractivity contribution in [3.63, 3.8) is 0 Å². The van der Waals surface area contributed by atoms with Gasteiger partial charge in [0.2, 0.25) is 0 Å². The summed E-state index contributed by atoms with van der Waals surface area (Å²) in [5.41, 5.74) is 0.761. The van der Waals surface area contributed by atoms with E-state index >= 15 is 0 Å². The minimum atomic E-state index is -4.55. The second-order valence-electron chi connectivity index (χ2n) is 3.28. The highest BCUT2D eigenvalue weighted by atomic mass is 32.2. The third kappa shape index (κ3) is 1.80. The average molecular weight is 238 g/mol. The summed E-state index contributed by atoms with van der Waals surface area (Å²) < 4.78 is 30.5. The fraction of sp³-hybridized carbons (Fsp3) is 0. The van der Waals surface area contributed by atoms with E-state index in [0.29, 0.717) is 11.1 Å². The predicted octanol–water partition coefficient (Wildman–Crippen LogP) is 0.332. The standard InChI is InChI=1S/C10H6O5S/c11-8-2-1-6-4-9(12)10(16(13,14)15)5-7(6)3-8/h1-5H,(H,13,14,15). The quantitative estimate of drug-likeness (QED) is 0.665. The van der Waals surface area contributed by atoms with E-state index in [0.717, 1.165) is 12.2 Å². The smallest absolute Gasteiger partial charge is 0.290 e. The number of allylic oxidation sites excluding steroid dienone is 8. The lowest BCUT2D eigenvalue weighted by atomic mass is 9.94. The number of rotatable bonds is 1. The SMILES string of the molecule is O=C1C=CC2=CC(=O)C(S(=O)(=O)O)=CC2=C1. The average Bonchev–Trinajstić information content (AvgIpc) is 2.16. The molecule has 6 heteroatoms. The van der Waals surface area contributed by atoms with E-state index in [4.69, 9.17) is 4.55 Å². The Labute approximate surface area is 91.2 Å². The van der Waals surface area contributed by atoms with Crippen LogP contribution in [0.4, 0.5) is 0 Å². The molecule has 0 heterocycles. The third-order valence-electron chi connectivity index (χ3n) is 2.15. The lowest BCUT2D eigenvalue weighted by molar-refractivity contribution is -0.111. The zero-order valence-corrected chi connectivity index (χ0v) is 8.69. The highest BCUT2D eigenvalue weighted by Gasteiger charge is 2.26.